The summed E-state index contributed by atoms with van der Waals surface area (Å²) >= 11 is 0. The van der Waals surface area contributed by atoms with Gasteiger partial charge in [-0.15, -0.1) is 0 Å². The summed E-state index contributed by atoms with van der Waals surface area (Å²) < 4.78 is 0. The second-order valence-corrected chi connectivity index (χ2v) is 4.50. The second kappa shape index (κ2) is 2.30. The molecule has 12 heavy (non-hydrogen) atoms. The monoisotopic (exact) mass is 168 g/mol. The zero-order valence-corrected chi connectivity index (χ0v) is 7.42. The van der Waals surface area contributed by atoms with Gasteiger partial charge in [-0.05, 0) is 37.5 Å². The fraction of sp³-hybridized carbons (Fsp3) is 0.889. The first-order chi connectivity index (χ1) is 5.55. The molecule has 0 saturated heterocycles. The Morgan fingerprint density at radius 2 is 1.92 bits per heavy atom. The lowest BCUT2D eigenvalue weighted by atomic mass is 9.41. The Kier molecular flexibility index (Phi) is 1.57. The van der Waals surface area contributed by atoms with Crippen molar-refractivity contribution in [2.45, 2.75) is 38.3 Å². The van der Waals surface area contributed by atoms with Crippen LogP contribution in [0.3, 0.4) is 0 Å². The highest BCUT2D eigenvalue weighted by atomic mass is 16.1. The maximum absolute atomic E-state index is 11.0. The number of carbonyl (C=O) groups excluding carboxylic acids is 1. The number of Topliss-reactive ketones (excluding diaryl/α,β-unsaturated/α-hetero) is 1. The molecule has 2 atom stereocenters. The summed E-state index contributed by atoms with van der Waals surface area (Å²) in [5, 5.41) is 0. The molecule has 3 heteroatoms. The van der Waals surface area contributed by atoms with E-state index in [2.05, 4.69) is 0 Å². The summed E-state index contributed by atoms with van der Waals surface area (Å²) in [6.07, 6.45) is 3.61. The molecule has 4 N–H and O–H groups in total. The topological polar surface area (TPSA) is 69.1 Å². The van der Waals surface area contributed by atoms with Crippen LogP contribution in [0.5, 0.6) is 0 Å². The number of nitrogens with two attached hydrogens (primary N) is 2. The lowest BCUT2D eigenvalue weighted by Crippen LogP contribution is -2.67. The van der Waals surface area contributed by atoms with Gasteiger partial charge in [-0.25, -0.2) is 0 Å². The fourth-order valence-electron chi connectivity index (χ4n) is 2.59. The van der Waals surface area contributed by atoms with Crippen LogP contribution in [0.15, 0.2) is 0 Å². The summed E-state index contributed by atoms with van der Waals surface area (Å²) in [6, 6.07) is -0.536. The van der Waals surface area contributed by atoms with Gasteiger partial charge in [0, 0.05) is 6.04 Å². The zero-order chi connectivity index (χ0) is 8.93. The molecule has 0 aromatic rings. The minimum absolute atomic E-state index is 0.0206. The molecular weight excluding hydrogens is 152 g/mol. The first kappa shape index (κ1) is 8.20. The minimum atomic E-state index is -0.439. The predicted molar refractivity (Wildman–Crippen MR) is 46.4 cm³/mol. The Morgan fingerprint density at radius 1 is 1.42 bits per heavy atom. The Labute approximate surface area is 72.5 Å². The van der Waals surface area contributed by atoms with Crippen LogP contribution >= 0.6 is 0 Å². The molecule has 3 saturated carbocycles. The number of hydrogen-bond donors (Lipinski definition) is 2. The molecule has 68 valence electrons. The molecule has 0 radical (unpaired) electrons. The van der Waals surface area contributed by atoms with Crippen LogP contribution in [0, 0.1) is 11.3 Å². The fourth-order valence-corrected chi connectivity index (χ4v) is 2.59. The zero-order valence-electron chi connectivity index (χ0n) is 7.42. The molecule has 3 aliphatic rings. The van der Waals surface area contributed by atoms with Crippen molar-refractivity contribution < 1.29 is 4.79 Å². The first-order valence-electron chi connectivity index (χ1n) is 4.57. The molecule has 0 aromatic carbocycles. The molecule has 0 aromatic heterocycles. The highest BCUT2D eigenvalue weighted by molar-refractivity contribution is 5.82. The molecule has 0 amide bonds. The average molecular weight is 168 g/mol. The van der Waals surface area contributed by atoms with E-state index in [1.165, 1.54) is 26.2 Å². The van der Waals surface area contributed by atoms with Crippen molar-refractivity contribution in [1.29, 1.82) is 0 Å². The van der Waals surface area contributed by atoms with E-state index in [1.54, 1.807) is 0 Å². The maximum Gasteiger partial charge on any atom is 0.148 e. The third kappa shape index (κ3) is 0.866. The molecular formula is C9H16N2O. The van der Waals surface area contributed by atoms with Gasteiger partial charge >= 0.3 is 0 Å². The van der Waals surface area contributed by atoms with E-state index in [4.69, 9.17) is 11.5 Å². The smallest absolute Gasteiger partial charge is 0.148 e. The SMILES string of the molecule is CC(=O)[C@H](N)C(N)C12CC(C1)C2. The van der Waals surface area contributed by atoms with Gasteiger partial charge in [0.05, 0.1) is 6.04 Å². The van der Waals surface area contributed by atoms with Crippen LogP contribution in [0.1, 0.15) is 26.2 Å². The molecule has 0 spiro atoms. The largest absolute Gasteiger partial charge is 0.325 e. The highest BCUT2D eigenvalue weighted by Crippen LogP contribution is 2.66. The van der Waals surface area contributed by atoms with Gasteiger partial charge < -0.3 is 11.5 Å². The predicted octanol–water partition coefficient (Wildman–Crippen LogP) is 0.0301. The van der Waals surface area contributed by atoms with Crippen LogP contribution in [0.4, 0.5) is 0 Å². The highest BCUT2D eigenvalue weighted by Gasteiger charge is 2.60. The normalized spacial score (nSPS) is 42.4. The van der Waals surface area contributed by atoms with Gasteiger partial charge in [-0.1, -0.05) is 0 Å². The Morgan fingerprint density at radius 3 is 2.17 bits per heavy atom. The van der Waals surface area contributed by atoms with E-state index >= 15 is 0 Å². The molecule has 0 aliphatic heterocycles. The van der Waals surface area contributed by atoms with E-state index in [0.717, 1.165) is 5.92 Å². The Bertz CT molecular complexity index is 210. The van der Waals surface area contributed by atoms with Crippen LogP contribution in [-0.4, -0.2) is 17.9 Å². The van der Waals surface area contributed by atoms with Crippen molar-refractivity contribution in [3.8, 4) is 0 Å². The van der Waals surface area contributed by atoms with Crippen molar-refractivity contribution in [2.24, 2.45) is 22.8 Å². The Hall–Kier alpha value is -0.410. The molecule has 3 nitrogen and oxygen atoms in total. The van der Waals surface area contributed by atoms with Crippen LogP contribution < -0.4 is 11.5 Å². The van der Waals surface area contributed by atoms with E-state index in [9.17, 15) is 4.79 Å². The number of rotatable bonds is 3. The van der Waals surface area contributed by atoms with E-state index in [-0.39, 0.29) is 17.2 Å². The Balaban J connectivity index is 1.99. The van der Waals surface area contributed by atoms with Crippen molar-refractivity contribution in [1.82, 2.24) is 0 Å². The van der Waals surface area contributed by atoms with Gasteiger partial charge in [-0.3, -0.25) is 4.79 Å². The summed E-state index contributed by atoms with van der Waals surface area (Å²) in [4.78, 5) is 11.0. The first-order valence-corrected chi connectivity index (χ1v) is 4.57. The van der Waals surface area contributed by atoms with Gasteiger partial charge in [0.2, 0.25) is 0 Å². The molecule has 3 aliphatic carbocycles. The quantitative estimate of drug-likeness (QED) is 0.624. The molecule has 1 unspecified atom stereocenters. The second-order valence-electron chi connectivity index (χ2n) is 4.50. The lowest BCUT2D eigenvalue weighted by molar-refractivity contribution is -0.139. The van der Waals surface area contributed by atoms with E-state index in [1.807, 2.05) is 0 Å². The number of hydrogen-bond acceptors (Lipinski definition) is 3. The van der Waals surface area contributed by atoms with Crippen molar-refractivity contribution >= 4 is 5.78 Å². The van der Waals surface area contributed by atoms with Gasteiger partial charge in [0.1, 0.15) is 5.78 Å². The number of ketones is 1. The molecule has 3 fully saturated rings. The van der Waals surface area contributed by atoms with Gasteiger partial charge in [0.15, 0.2) is 0 Å². The minimum Gasteiger partial charge on any atom is -0.325 e. The molecule has 2 bridgehead atoms. The van der Waals surface area contributed by atoms with Crippen molar-refractivity contribution in [3.63, 3.8) is 0 Å². The molecule has 0 heterocycles. The maximum atomic E-state index is 11.0. The number of carbonyl (C=O) groups is 1. The average Bonchev–Trinajstić information content (AvgIpc) is 1.78. The molecule has 3 rings (SSSR count). The van der Waals surface area contributed by atoms with Crippen LogP contribution in [-0.2, 0) is 4.79 Å². The standard InChI is InChI=1S/C9H16N2O/c1-5(12)7(10)8(11)9-2-6(3-9)4-9/h6-8H,2-4,10-11H2,1H3/t6?,7-,8?,9?/m0/s1. The van der Waals surface area contributed by atoms with Gasteiger partial charge in [-0.2, -0.15) is 0 Å². The third-order valence-electron chi connectivity index (χ3n) is 3.65. The van der Waals surface area contributed by atoms with Gasteiger partial charge in [0.25, 0.3) is 0 Å². The third-order valence-corrected chi connectivity index (χ3v) is 3.65. The van der Waals surface area contributed by atoms with Crippen LogP contribution in [0.25, 0.3) is 0 Å². The lowest BCUT2D eigenvalue weighted by Gasteiger charge is -2.65. The van der Waals surface area contributed by atoms with Crippen molar-refractivity contribution in [3.05, 3.63) is 0 Å². The van der Waals surface area contributed by atoms with Crippen LogP contribution in [0.2, 0.25) is 0 Å². The summed E-state index contributed by atoms with van der Waals surface area (Å²) in [5.74, 6) is 0.919. The van der Waals surface area contributed by atoms with E-state index in [0.29, 0.717) is 0 Å². The summed E-state index contributed by atoms with van der Waals surface area (Å²) in [7, 11) is 0. The van der Waals surface area contributed by atoms with Crippen molar-refractivity contribution in [2.75, 3.05) is 0 Å². The summed E-state index contributed by atoms with van der Waals surface area (Å²) in [5.41, 5.74) is 11.9. The van der Waals surface area contributed by atoms with E-state index < -0.39 is 6.04 Å². The summed E-state index contributed by atoms with van der Waals surface area (Å²) in [6.45, 7) is 1.52.